The fourth-order valence-corrected chi connectivity index (χ4v) is 7.83. The van der Waals surface area contributed by atoms with Gasteiger partial charge >= 0.3 is 0 Å². The molecule has 0 atom stereocenters. The van der Waals surface area contributed by atoms with Crippen molar-refractivity contribution in [3.63, 3.8) is 0 Å². The number of benzene rings is 6. The minimum atomic E-state index is 0.640. The third-order valence-corrected chi connectivity index (χ3v) is 9.73. The Morgan fingerprint density at radius 3 is 2.23 bits per heavy atom. The summed E-state index contributed by atoms with van der Waals surface area (Å²) in [5, 5.41) is 26.4. The summed E-state index contributed by atoms with van der Waals surface area (Å²) in [4.78, 5) is 0. The first-order valence-corrected chi connectivity index (χ1v) is 14.8. The highest BCUT2D eigenvalue weighted by molar-refractivity contribution is 7.26. The lowest BCUT2D eigenvalue weighted by Crippen LogP contribution is -1.93. The Labute approximate surface area is 249 Å². The van der Waals surface area contributed by atoms with Gasteiger partial charge in [0.05, 0.1) is 43.3 Å². The predicted molar refractivity (Wildman–Crippen MR) is 176 cm³/mol. The maximum Gasteiger partial charge on any atom is 0.143 e. The van der Waals surface area contributed by atoms with Crippen molar-refractivity contribution in [2.45, 2.75) is 0 Å². The Balaban J connectivity index is 1.34. The molecule has 9 aromatic rings. The van der Waals surface area contributed by atoms with Crippen LogP contribution in [0, 0.1) is 22.7 Å². The Morgan fingerprint density at radius 1 is 0.581 bits per heavy atom. The number of hydrogen-bond donors (Lipinski definition) is 0. The molecular weight excluding hydrogens is 547 g/mol. The Hall–Kier alpha value is -5.88. The number of thiophene rings is 1. The van der Waals surface area contributed by atoms with Crippen molar-refractivity contribution in [2.75, 3.05) is 0 Å². The van der Waals surface area contributed by atoms with E-state index in [1.54, 1.807) is 11.3 Å². The van der Waals surface area contributed by atoms with Crippen molar-refractivity contribution < 1.29 is 4.42 Å². The van der Waals surface area contributed by atoms with Crippen LogP contribution in [0.4, 0.5) is 0 Å². The van der Waals surface area contributed by atoms with Crippen LogP contribution in [0.2, 0.25) is 0 Å². The first-order chi connectivity index (χ1) is 21.2. The van der Waals surface area contributed by atoms with Crippen molar-refractivity contribution in [3.05, 3.63) is 126 Å². The van der Waals surface area contributed by atoms with E-state index in [1.165, 1.54) is 0 Å². The molecule has 9 rings (SSSR count). The quantitative estimate of drug-likeness (QED) is 0.209. The molecule has 0 aliphatic carbocycles. The summed E-state index contributed by atoms with van der Waals surface area (Å²) >= 11 is 1.65. The number of nitriles is 2. The van der Waals surface area contributed by atoms with Crippen LogP contribution >= 0.6 is 11.3 Å². The number of rotatable bonds is 2. The second-order valence-electron chi connectivity index (χ2n) is 10.7. The lowest BCUT2D eigenvalue weighted by atomic mass is 9.98. The van der Waals surface area contributed by atoms with Crippen molar-refractivity contribution >= 4 is 75.3 Å². The fourth-order valence-electron chi connectivity index (χ4n) is 6.58. The number of hydrogen-bond acceptors (Lipinski definition) is 4. The van der Waals surface area contributed by atoms with Gasteiger partial charge in [-0.05, 0) is 54.1 Å². The topological polar surface area (TPSA) is 65.7 Å². The molecule has 6 aromatic carbocycles. The van der Waals surface area contributed by atoms with Gasteiger partial charge in [0, 0.05) is 37.9 Å². The number of fused-ring (bicyclic) bond motifs is 9. The smallest absolute Gasteiger partial charge is 0.143 e. The maximum absolute atomic E-state index is 10.3. The van der Waals surface area contributed by atoms with E-state index < -0.39 is 0 Å². The average Bonchev–Trinajstić information content (AvgIpc) is 3.73. The minimum absolute atomic E-state index is 0.640. The van der Waals surface area contributed by atoms with Crippen LogP contribution in [0.3, 0.4) is 0 Å². The van der Waals surface area contributed by atoms with Crippen LogP contribution in [-0.4, -0.2) is 4.57 Å². The highest BCUT2D eigenvalue weighted by Gasteiger charge is 2.20. The van der Waals surface area contributed by atoms with Gasteiger partial charge in [-0.3, -0.25) is 0 Å². The number of nitrogens with zero attached hydrogens (tertiary/aromatic N) is 3. The summed E-state index contributed by atoms with van der Waals surface area (Å²) in [6.45, 7) is 0. The van der Waals surface area contributed by atoms with Crippen molar-refractivity contribution in [2.24, 2.45) is 0 Å². The molecule has 0 aliphatic rings. The monoisotopic (exact) mass is 565 g/mol. The third-order valence-electron chi connectivity index (χ3n) is 8.46. The standard InChI is InChI=1S/C38H19N3OS/c39-20-22-15-16-33-30(17-22)26-7-1-3-12-32(26)41(33)34-13-6-11-29-31-19-23(18-24(21-40)37(31)43-38(29)34)25-9-5-10-28-27-8-2-4-14-35(27)42-36(25)28/h1-19H. The molecule has 0 aliphatic heterocycles. The molecule has 43 heavy (non-hydrogen) atoms. The maximum atomic E-state index is 10.3. The van der Waals surface area contributed by atoms with Crippen molar-refractivity contribution in [1.82, 2.24) is 4.57 Å². The van der Waals surface area contributed by atoms with Gasteiger partial charge in [-0.2, -0.15) is 10.5 Å². The summed E-state index contributed by atoms with van der Waals surface area (Å²) in [5.41, 5.74) is 8.07. The molecule has 0 amide bonds. The number of furan rings is 1. The largest absolute Gasteiger partial charge is 0.455 e. The van der Waals surface area contributed by atoms with E-state index in [1.807, 2.05) is 54.6 Å². The molecule has 0 saturated carbocycles. The van der Waals surface area contributed by atoms with Gasteiger partial charge in [0.15, 0.2) is 0 Å². The molecule has 4 nitrogen and oxygen atoms in total. The third kappa shape index (κ3) is 3.29. The molecule has 0 spiro atoms. The van der Waals surface area contributed by atoms with Gasteiger partial charge in [-0.15, -0.1) is 11.3 Å². The van der Waals surface area contributed by atoms with Gasteiger partial charge in [0.1, 0.15) is 17.2 Å². The molecule has 0 bridgehead atoms. The fraction of sp³-hybridized carbons (Fsp3) is 0. The summed E-state index contributed by atoms with van der Waals surface area (Å²) in [6.07, 6.45) is 0. The van der Waals surface area contributed by atoms with Crippen molar-refractivity contribution in [1.29, 1.82) is 10.5 Å². The Bertz CT molecular complexity index is 2710. The van der Waals surface area contributed by atoms with E-state index in [0.717, 1.165) is 80.7 Å². The van der Waals surface area contributed by atoms with Gasteiger partial charge in [-0.1, -0.05) is 66.7 Å². The molecule has 0 saturated heterocycles. The highest BCUT2D eigenvalue weighted by atomic mass is 32.1. The number of aromatic nitrogens is 1. The zero-order valence-corrected chi connectivity index (χ0v) is 23.4. The predicted octanol–water partition coefficient (Wildman–Crippen LogP) is 10.5. The lowest BCUT2D eigenvalue weighted by molar-refractivity contribution is 0.670. The molecular formula is C38H19N3OS. The second-order valence-corrected chi connectivity index (χ2v) is 11.8. The zero-order valence-electron chi connectivity index (χ0n) is 22.6. The normalized spacial score (nSPS) is 11.7. The van der Waals surface area contributed by atoms with Gasteiger partial charge in [-0.25, -0.2) is 0 Å². The minimum Gasteiger partial charge on any atom is -0.455 e. The summed E-state index contributed by atoms with van der Waals surface area (Å²) < 4.78 is 10.7. The number of para-hydroxylation sites is 3. The Morgan fingerprint density at radius 2 is 1.35 bits per heavy atom. The SMILES string of the molecule is N#Cc1ccc2c(c1)c1ccccc1n2-c1cccc2c1sc1c(C#N)cc(-c3cccc4c3oc3ccccc34)cc12. The van der Waals surface area contributed by atoms with Crippen LogP contribution in [0.15, 0.2) is 120 Å². The van der Waals surface area contributed by atoms with Crippen LogP contribution in [-0.2, 0) is 0 Å². The van der Waals surface area contributed by atoms with Gasteiger partial charge in [0.25, 0.3) is 0 Å². The molecule has 0 unspecified atom stereocenters. The molecule has 0 N–H and O–H groups in total. The summed E-state index contributed by atoms with van der Waals surface area (Å²) in [5.74, 6) is 0. The van der Waals surface area contributed by atoms with Crippen LogP contribution in [0.25, 0.3) is 80.7 Å². The van der Waals surface area contributed by atoms with Crippen LogP contribution in [0.5, 0.6) is 0 Å². The van der Waals surface area contributed by atoms with Crippen LogP contribution in [0.1, 0.15) is 11.1 Å². The first-order valence-electron chi connectivity index (χ1n) is 14.0. The van der Waals surface area contributed by atoms with Gasteiger partial charge < -0.3 is 8.98 Å². The van der Waals surface area contributed by atoms with E-state index in [9.17, 15) is 10.5 Å². The second kappa shape index (κ2) is 8.81. The average molecular weight is 566 g/mol. The Kier molecular flexibility index (Phi) is 4.87. The molecule has 0 fully saturated rings. The van der Waals surface area contributed by atoms with Crippen molar-refractivity contribution in [3.8, 4) is 29.0 Å². The van der Waals surface area contributed by atoms with E-state index in [4.69, 9.17) is 4.42 Å². The molecule has 3 heterocycles. The van der Waals surface area contributed by atoms with Crippen LogP contribution < -0.4 is 0 Å². The molecule has 5 heteroatoms. The van der Waals surface area contributed by atoms with E-state index >= 15 is 0 Å². The molecule has 3 aromatic heterocycles. The first kappa shape index (κ1) is 23.8. The van der Waals surface area contributed by atoms with E-state index in [0.29, 0.717) is 11.1 Å². The summed E-state index contributed by atoms with van der Waals surface area (Å²) in [7, 11) is 0. The lowest BCUT2D eigenvalue weighted by Gasteiger charge is -2.09. The van der Waals surface area contributed by atoms with Gasteiger partial charge in [0.2, 0.25) is 0 Å². The molecule has 0 radical (unpaired) electrons. The molecule has 198 valence electrons. The van der Waals surface area contributed by atoms with E-state index in [2.05, 4.69) is 77.4 Å². The highest BCUT2D eigenvalue weighted by Crippen LogP contribution is 2.44. The summed E-state index contributed by atoms with van der Waals surface area (Å²) in [6, 6.07) is 43.8. The van der Waals surface area contributed by atoms with E-state index in [-0.39, 0.29) is 0 Å². The zero-order chi connectivity index (χ0) is 28.7.